The highest BCUT2D eigenvalue weighted by Gasteiger charge is 2.31. The van der Waals surface area contributed by atoms with Crippen molar-refractivity contribution >= 4 is 21.8 Å². The molecular weight excluding hydrogens is 326 g/mol. The molecule has 0 amide bonds. The Bertz CT molecular complexity index is 636. The first-order chi connectivity index (χ1) is 10.1. The third-order valence-electron chi connectivity index (χ3n) is 4.02. The van der Waals surface area contributed by atoms with E-state index in [1.54, 1.807) is 0 Å². The van der Waals surface area contributed by atoms with Crippen LogP contribution in [0.2, 0.25) is 0 Å². The maximum atomic E-state index is 6.00. The van der Waals surface area contributed by atoms with Gasteiger partial charge in [-0.15, -0.1) is 0 Å². The lowest BCUT2D eigenvalue weighted by Crippen LogP contribution is -2.32. The maximum Gasteiger partial charge on any atom is 0.216 e. The van der Waals surface area contributed by atoms with Gasteiger partial charge in [-0.2, -0.15) is 0 Å². The van der Waals surface area contributed by atoms with Crippen LogP contribution in [0.1, 0.15) is 31.0 Å². The fourth-order valence-corrected chi connectivity index (χ4v) is 2.84. The summed E-state index contributed by atoms with van der Waals surface area (Å²) >= 11 is 3.48. The zero-order valence-electron chi connectivity index (χ0n) is 12.2. The summed E-state index contributed by atoms with van der Waals surface area (Å²) in [6, 6.07) is 18.7. The fraction of sp³-hybridized carbons (Fsp3) is 0.278. The molecule has 0 bridgehead atoms. The van der Waals surface area contributed by atoms with Gasteiger partial charge in [0.25, 0.3) is 0 Å². The van der Waals surface area contributed by atoms with Crippen LogP contribution in [-0.4, -0.2) is 12.0 Å². The van der Waals surface area contributed by atoms with Crippen molar-refractivity contribution in [2.24, 2.45) is 10.9 Å². The van der Waals surface area contributed by atoms with Crippen molar-refractivity contribution in [2.75, 3.05) is 0 Å². The molecule has 0 aliphatic carbocycles. The lowest BCUT2D eigenvalue weighted by Gasteiger charge is -2.33. The highest BCUT2D eigenvalue weighted by molar-refractivity contribution is 9.10. The molecule has 3 atom stereocenters. The van der Waals surface area contributed by atoms with Gasteiger partial charge in [-0.1, -0.05) is 53.2 Å². The molecule has 108 valence electrons. The Hall–Kier alpha value is -1.61. The van der Waals surface area contributed by atoms with Gasteiger partial charge in [-0.05, 0) is 36.8 Å². The second-order valence-corrected chi connectivity index (χ2v) is 6.39. The quantitative estimate of drug-likeness (QED) is 0.752. The second-order valence-electron chi connectivity index (χ2n) is 5.48. The van der Waals surface area contributed by atoms with Gasteiger partial charge in [0.15, 0.2) is 0 Å². The lowest BCUT2D eigenvalue weighted by molar-refractivity contribution is 0.112. The summed E-state index contributed by atoms with van der Waals surface area (Å²) in [5.41, 5.74) is 2.27. The van der Waals surface area contributed by atoms with E-state index in [0.29, 0.717) is 5.92 Å². The van der Waals surface area contributed by atoms with Gasteiger partial charge in [0.05, 0.1) is 6.04 Å². The number of aliphatic imine (C=N–C) groups is 1. The molecule has 1 aliphatic rings. The van der Waals surface area contributed by atoms with Crippen molar-refractivity contribution in [1.29, 1.82) is 0 Å². The predicted molar refractivity (Wildman–Crippen MR) is 89.6 cm³/mol. The van der Waals surface area contributed by atoms with Crippen molar-refractivity contribution in [1.82, 2.24) is 0 Å². The number of halogens is 1. The standard InChI is InChI=1S/C18H18BrNO/c1-12-13(2)21-18(15-6-4-3-5-7-15)20-17(12)14-8-10-16(19)11-9-14/h3-13,17H,1-2H3/t12-,13-,17-/m0/s1. The van der Waals surface area contributed by atoms with E-state index in [4.69, 9.17) is 9.73 Å². The Morgan fingerprint density at radius 1 is 0.952 bits per heavy atom. The fourth-order valence-electron chi connectivity index (χ4n) is 2.58. The van der Waals surface area contributed by atoms with E-state index < -0.39 is 0 Å². The van der Waals surface area contributed by atoms with Gasteiger partial charge in [0.1, 0.15) is 6.10 Å². The molecule has 3 rings (SSSR count). The SMILES string of the molecule is C[C@H]1[C@H](C)OC(c2ccccc2)=N[C@@H]1c1ccc(Br)cc1. The maximum absolute atomic E-state index is 6.00. The van der Waals surface area contributed by atoms with E-state index in [1.807, 2.05) is 30.3 Å². The molecule has 0 fully saturated rings. The predicted octanol–water partition coefficient (Wildman–Crippen LogP) is 4.99. The summed E-state index contributed by atoms with van der Waals surface area (Å²) in [5, 5.41) is 0. The molecule has 2 aromatic carbocycles. The van der Waals surface area contributed by atoms with Crippen LogP contribution in [0.5, 0.6) is 0 Å². The Labute approximate surface area is 134 Å². The van der Waals surface area contributed by atoms with Crippen molar-refractivity contribution in [3.63, 3.8) is 0 Å². The highest BCUT2D eigenvalue weighted by Crippen LogP contribution is 2.35. The number of hydrogen-bond donors (Lipinski definition) is 0. The molecule has 0 radical (unpaired) electrons. The van der Waals surface area contributed by atoms with Gasteiger partial charge in [-0.3, -0.25) is 0 Å². The minimum absolute atomic E-state index is 0.136. The summed E-state index contributed by atoms with van der Waals surface area (Å²) < 4.78 is 7.09. The first kappa shape index (κ1) is 14.3. The van der Waals surface area contributed by atoms with Crippen LogP contribution in [0.3, 0.4) is 0 Å². The molecule has 0 saturated heterocycles. The average Bonchev–Trinajstić information content (AvgIpc) is 2.52. The molecule has 2 aromatic rings. The van der Waals surface area contributed by atoms with Gasteiger partial charge < -0.3 is 4.74 Å². The largest absolute Gasteiger partial charge is 0.474 e. The monoisotopic (exact) mass is 343 g/mol. The van der Waals surface area contributed by atoms with Crippen molar-refractivity contribution in [2.45, 2.75) is 26.0 Å². The summed E-state index contributed by atoms with van der Waals surface area (Å²) in [4.78, 5) is 4.86. The minimum atomic E-state index is 0.136. The van der Waals surface area contributed by atoms with E-state index in [2.05, 4.69) is 54.0 Å². The molecule has 3 heteroatoms. The zero-order valence-corrected chi connectivity index (χ0v) is 13.7. The summed E-state index contributed by atoms with van der Waals surface area (Å²) in [6.45, 7) is 4.32. The topological polar surface area (TPSA) is 21.6 Å². The Morgan fingerprint density at radius 3 is 2.29 bits per heavy atom. The molecule has 0 saturated carbocycles. The number of benzene rings is 2. The molecule has 0 N–H and O–H groups in total. The number of rotatable bonds is 2. The van der Waals surface area contributed by atoms with Gasteiger partial charge in [-0.25, -0.2) is 4.99 Å². The van der Waals surface area contributed by atoms with Crippen LogP contribution in [0, 0.1) is 5.92 Å². The van der Waals surface area contributed by atoms with E-state index in [1.165, 1.54) is 5.56 Å². The second kappa shape index (κ2) is 6.02. The molecule has 1 aliphatic heterocycles. The van der Waals surface area contributed by atoms with Crippen LogP contribution in [-0.2, 0) is 4.74 Å². The minimum Gasteiger partial charge on any atom is -0.474 e. The molecule has 2 nitrogen and oxygen atoms in total. The van der Waals surface area contributed by atoms with Gasteiger partial charge >= 0.3 is 0 Å². The highest BCUT2D eigenvalue weighted by atomic mass is 79.9. The third-order valence-corrected chi connectivity index (χ3v) is 4.55. The Balaban J connectivity index is 1.99. The first-order valence-corrected chi connectivity index (χ1v) is 8.00. The van der Waals surface area contributed by atoms with Crippen LogP contribution in [0.15, 0.2) is 64.1 Å². The summed E-state index contributed by atoms with van der Waals surface area (Å²) in [5.74, 6) is 1.09. The van der Waals surface area contributed by atoms with Crippen LogP contribution < -0.4 is 0 Å². The third kappa shape index (κ3) is 3.03. The Kier molecular flexibility index (Phi) is 4.11. The van der Waals surface area contributed by atoms with Crippen molar-refractivity contribution in [3.8, 4) is 0 Å². The molecular formula is C18H18BrNO. The number of hydrogen-bond acceptors (Lipinski definition) is 2. The average molecular weight is 344 g/mol. The van der Waals surface area contributed by atoms with Gasteiger partial charge in [0.2, 0.25) is 5.90 Å². The summed E-state index contributed by atoms with van der Waals surface area (Å²) in [6.07, 6.45) is 0.145. The molecule has 21 heavy (non-hydrogen) atoms. The van der Waals surface area contributed by atoms with Crippen LogP contribution in [0.25, 0.3) is 0 Å². The number of ether oxygens (including phenoxy) is 1. The molecule has 0 unspecified atom stereocenters. The molecule has 1 heterocycles. The van der Waals surface area contributed by atoms with E-state index in [9.17, 15) is 0 Å². The smallest absolute Gasteiger partial charge is 0.216 e. The Morgan fingerprint density at radius 2 is 1.62 bits per heavy atom. The first-order valence-electron chi connectivity index (χ1n) is 7.20. The van der Waals surface area contributed by atoms with Crippen LogP contribution in [0.4, 0.5) is 0 Å². The number of nitrogens with zero attached hydrogens (tertiary/aromatic N) is 1. The van der Waals surface area contributed by atoms with E-state index in [-0.39, 0.29) is 12.1 Å². The lowest BCUT2D eigenvalue weighted by atomic mass is 9.90. The van der Waals surface area contributed by atoms with E-state index >= 15 is 0 Å². The van der Waals surface area contributed by atoms with Crippen LogP contribution >= 0.6 is 15.9 Å². The van der Waals surface area contributed by atoms with Crippen molar-refractivity contribution in [3.05, 3.63) is 70.2 Å². The van der Waals surface area contributed by atoms with E-state index in [0.717, 1.165) is 15.9 Å². The zero-order chi connectivity index (χ0) is 14.8. The van der Waals surface area contributed by atoms with Gasteiger partial charge in [0, 0.05) is 16.0 Å². The summed E-state index contributed by atoms with van der Waals surface area (Å²) in [7, 11) is 0. The van der Waals surface area contributed by atoms with Crippen molar-refractivity contribution < 1.29 is 4.74 Å². The molecule has 0 aromatic heterocycles. The normalized spacial score (nSPS) is 25.1. The molecule has 0 spiro atoms.